The molecule has 1 rings (SSSR count). The van der Waals surface area contributed by atoms with E-state index in [1.165, 1.54) is 0 Å². The summed E-state index contributed by atoms with van der Waals surface area (Å²) >= 11 is 0. The van der Waals surface area contributed by atoms with Gasteiger partial charge in [-0.3, -0.25) is 4.79 Å². The molecular formula is C14H20N2O2. The average molecular weight is 248 g/mol. The number of nitrogens with zero attached hydrogens (tertiary/aromatic N) is 1. The van der Waals surface area contributed by atoms with Crippen LogP contribution in [0.5, 0.6) is 5.75 Å². The van der Waals surface area contributed by atoms with Crippen LogP contribution >= 0.6 is 0 Å². The molecule has 4 heteroatoms. The Kier molecular flexibility index (Phi) is 4.77. The Morgan fingerprint density at radius 2 is 2.11 bits per heavy atom. The van der Waals surface area contributed by atoms with Gasteiger partial charge in [0, 0.05) is 30.4 Å². The molecule has 0 aliphatic carbocycles. The summed E-state index contributed by atoms with van der Waals surface area (Å²) in [4.78, 5) is 14.0. The monoisotopic (exact) mass is 248 g/mol. The van der Waals surface area contributed by atoms with Crippen LogP contribution < -0.4 is 10.5 Å². The van der Waals surface area contributed by atoms with Crippen molar-refractivity contribution in [3.8, 4) is 5.75 Å². The standard InChI is InChI=1S/C14H20N2O2/c1-5-16(9-10(2)3)14(17)11-6-12(15)8-13(7-11)18-4/h6-8H,2,5,9,15H2,1,3-4H3. The Labute approximate surface area is 108 Å². The predicted octanol–water partition coefficient (Wildman–Crippen LogP) is 2.32. The van der Waals surface area contributed by atoms with Crippen LogP contribution in [-0.2, 0) is 0 Å². The molecule has 0 atom stereocenters. The zero-order chi connectivity index (χ0) is 13.7. The molecule has 0 aromatic heterocycles. The summed E-state index contributed by atoms with van der Waals surface area (Å²) in [6.07, 6.45) is 0. The zero-order valence-corrected chi connectivity index (χ0v) is 11.2. The van der Waals surface area contributed by atoms with Crippen molar-refractivity contribution in [2.45, 2.75) is 13.8 Å². The van der Waals surface area contributed by atoms with Crippen LogP contribution in [0.15, 0.2) is 30.4 Å². The molecule has 0 fully saturated rings. The van der Waals surface area contributed by atoms with Crippen LogP contribution in [-0.4, -0.2) is 31.0 Å². The molecule has 0 radical (unpaired) electrons. The highest BCUT2D eigenvalue weighted by Gasteiger charge is 2.15. The van der Waals surface area contributed by atoms with Crippen molar-refractivity contribution in [2.75, 3.05) is 25.9 Å². The lowest BCUT2D eigenvalue weighted by Crippen LogP contribution is -2.32. The highest BCUT2D eigenvalue weighted by atomic mass is 16.5. The molecule has 0 aliphatic heterocycles. The van der Waals surface area contributed by atoms with Crippen molar-refractivity contribution in [1.29, 1.82) is 0 Å². The number of nitrogens with two attached hydrogens (primary N) is 1. The van der Waals surface area contributed by atoms with Crippen LogP contribution in [0.4, 0.5) is 5.69 Å². The minimum absolute atomic E-state index is 0.0638. The second kappa shape index (κ2) is 6.10. The third-order valence-corrected chi connectivity index (χ3v) is 2.54. The van der Waals surface area contributed by atoms with Crippen molar-refractivity contribution in [3.63, 3.8) is 0 Å². The lowest BCUT2D eigenvalue weighted by molar-refractivity contribution is 0.0778. The van der Waals surface area contributed by atoms with Crippen molar-refractivity contribution < 1.29 is 9.53 Å². The Balaban J connectivity index is 3.01. The van der Waals surface area contributed by atoms with Crippen LogP contribution in [0.1, 0.15) is 24.2 Å². The van der Waals surface area contributed by atoms with E-state index in [2.05, 4.69) is 6.58 Å². The second-order valence-corrected chi connectivity index (χ2v) is 4.27. The Hall–Kier alpha value is -1.97. The number of ether oxygens (including phenoxy) is 1. The van der Waals surface area contributed by atoms with E-state index in [1.54, 1.807) is 30.2 Å². The zero-order valence-electron chi connectivity index (χ0n) is 11.2. The molecule has 0 heterocycles. The van der Waals surface area contributed by atoms with Crippen LogP contribution in [0.25, 0.3) is 0 Å². The summed E-state index contributed by atoms with van der Waals surface area (Å²) in [6, 6.07) is 5.04. The number of hydrogen-bond donors (Lipinski definition) is 1. The first-order valence-corrected chi connectivity index (χ1v) is 5.86. The maximum atomic E-state index is 12.3. The minimum Gasteiger partial charge on any atom is -0.497 e. The highest BCUT2D eigenvalue weighted by Crippen LogP contribution is 2.20. The number of likely N-dealkylation sites (N-methyl/N-ethyl adjacent to an activating group) is 1. The number of benzene rings is 1. The second-order valence-electron chi connectivity index (χ2n) is 4.27. The number of methoxy groups -OCH3 is 1. The predicted molar refractivity (Wildman–Crippen MR) is 73.8 cm³/mol. The third kappa shape index (κ3) is 3.52. The van der Waals surface area contributed by atoms with Crippen LogP contribution in [0.2, 0.25) is 0 Å². The number of carbonyl (C=O) groups is 1. The molecule has 0 bridgehead atoms. The van der Waals surface area contributed by atoms with Gasteiger partial charge >= 0.3 is 0 Å². The van der Waals surface area contributed by atoms with E-state index in [0.29, 0.717) is 30.1 Å². The van der Waals surface area contributed by atoms with E-state index in [1.807, 2.05) is 13.8 Å². The maximum absolute atomic E-state index is 12.3. The summed E-state index contributed by atoms with van der Waals surface area (Å²) in [6.45, 7) is 8.84. The van der Waals surface area contributed by atoms with Crippen LogP contribution in [0, 0.1) is 0 Å². The molecule has 1 amide bonds. The van der Waals surface area contributed by atoms with Crippen LogP contribution in [0.3, 0.4) is 0 Å². The van der Waals surface area contributed by atoms with Crippen molar-refractivity contribution in [3.05, 3.63) is 35.9 Å². The Morgan fingerprint density at radius 3 is 2.61 bits per heavy atom. The van der Waals surface area contributed by atoms with Gasteiger partial charge < -0.3 is 15.4 Å². The van der Waals surface area contributed by atoms with Crippen molar-refractivity contribution in [2.24, 2.45) is 0 Å². The number of carbonyl (C=O) groups excluding carboxylic acids is 1. The average Bonchev–Trinajstić information content (AvgIpc) is 2.34. The van der Waals surface area contributed by atoms with E-state index in [4.69, 9.17) is 10.5 Å². The molecule has 1 aromatic carbocycles. The Bertz CT molecular complexity index is 455. The number of nitrogen functional groups attached to an aromatic ring is 1. The first-order valence-electron chi connectivity index (χ1n) is 5.86. The van der Waals surface area contributed by atoms with E-state index in [-0.39, 0.29) is 5.91 Å². The number of anilines is 1. The van der Waals surface area contributed by atoms with Gasteiger partial charge in [-0.2, -0.15) is 0 Å². The number of amides is 1. The molecule has 4 nitrogen and oxygen atoms in total. The van der Waals surface area contributed by atoms with Gasteiger partial charge in [0.1, 0.15) is 5.75 Å². The summed E-state index contributed by atoms with van der Waals surface area (Å²) < 4.78 is 5.11. The smallest absolute Gasteiger partial charge is 0.254 e. The van der Waals surface area contributed by atoms with Crippen molar-refractivity contribution in [1.82, 2.24) is 4.90 Å². The molecule has 0 saturated carbocycles. The van der Waals surface area contributed by atoms with Gasteiger partial charge in [-0.25, -0.2) is 0 Å². The lowest BCUT2D eigenvalue weighted by atomic mass is 10.1. The summed E-state index contributed by atoms with van der Waals surface area (Å²) in [5.41, 5.74) is 7.75. The minimum atomic E-state index is -0.0638. The van der Waals surface area contributed by atoms with E-state index >= 15 is 0 Å². The summed E-state index contributed by atoms with van der Waals surface area (Å²) in [5.74, 6) is 0.524. The van der Waals surface area contributed by atoms with Gasteiger partial charge in [0.25, 0.3) is 5.91 Å². The van der Waals surface area contributed by atoms with Gasteiger partial charge in [0.15, 0.2) is 0 Å². The normalized spacial score (nSPS) is 9.94. The fraction of sp³-hybridized carbons (Fsp3) is 0.357. The Morgan fingerprint density at radius 1 is 1.44 bits per heavy atom. The molecule has 2 N–H and O–H groups in total. The fourth-order valence-corrected chi connectivity index (χ4v) is 1.70. The van der Waals surface area contributed by atoms with E-state index in [0.717, 1.165) is 5.57 Å². The molecule has 1 aromatic rings. The lowest BCUT2D eigenvalue weighted by Gasteiger charge is -2.21. The largest absolute Gasteiger partial charge is 0.497 e. The van der Waals surface area contributed by atoms with E-state index < -0.39 is 0 Å². The van der Waals surface area contributed by atoms with Crippen molar-refractivity contribution >= 4 is 11.6 Å². The SMILES string of the molecule is C=C(C)CN(CC)C(=O)c1cc(N)cc(OC)c1. The topological polar surface area (TPSA) is 55.6 Å². The van der Waals surface area contributed by atoms with Gasteiger partial charge in [-0.05, 0) is 26.0 Å². The molecule has 0 saturated heterocycles. The number of hydrogen-bond acceptors (Lipinski definition) is 3. The van der Waals surface area contributed by atoms with Gasteiger partial charge in [0.05, 0.1) is 7.11 Å². The molecule has 18 heavy (non-hydrogen) atoms. The summed E-state index contributed by atoms with van der Waals surface area (Å²) in [7, 11) is 1.55. The quantitative estimate of drug-likeness (QED) is 0.642. The number of rotatable bonds is 5. The summed E-state index contributed by atoms with van der Waals surface area (Å²) in [5, 5.41) is 0. The molecule has 0 unspecified atom stereocenters. The van der Waals surface area contributed by atoms with Gasteiger partial charge in [0.2, 0.25) is 0 Å². The first-order chi connectivity index (χ1) is 8.47. The maximum Gasteiger partial charge on any atom is 0.254 e. The first kappa shape index (κ1) is 14.1. The van der Waals surface area contributed by atoms with E-state index in [9.17, 15) is 4.79 Å². The molecule has 0 aliphatic rings. The third-order valence-electron chi connectivity index (χ3n) is 2.54. The highest BCUT2D eigenvalue weighted by molar-refractivity contribution is 5.95. The molecular weight excluding hydrogens is 228 g/mol. The fourth-order valence-electron chi connectivity index (χ4n) is 1.70. The van der Waals surface area contributed by atoms with Gasteiger partial charge in [-0.15, -0.1) is 0 Å². The van der Waals surface area contributed by atoms with Gasteiger partial charge in [-0.1, -0.05) is 12.2 Å². The molecule has 0 spiro atoms. The molecule has 98 valence electrons.